The van der Waals surface area contributed by atoms with E-state index in [4.69, 9.17) is 24.5 Å². The third kappa shape index (κ3) is 20.2. The predicted octanol–water partition coefficient (Wildman–Crippen LogP) is 6.25. The lowest BCUT2D eigenvalue weighted by Gasteiger charge is -2.23. The number of azide groups is 1. The molecule has 0 aliphatic carbocycles. The van der Waals surface area contributed by atoms with E-state index in [9.17, 15) is 24.0 Å². The number of nitrogens with one attached hydrogen (secondary N) is 2. The Morgan fingerprint density at radius 3 is 2.35 bits per heavy atom. The van der Waals surface area contributed by atoms with Crippen molar-refractivity contribution in [1.29, 1.82) is 0 Å². The zero-order valence-corrected chi connectivity index (χ0v) is 30.2. The second-order valence-corrected chi connectivity index (χ2v) is 13.6. The van der Waals surface area contributed by atoms with Crippen LogP contribution in [0.3, 0.4) is 0 Å². The number of Topliss-reactive ketones (excluding diaryl/α,β-unsaturated/α-hetero) is 3. The van der Waals surface area contributed by atoms with Gasteiger partial charge in [-0.15, -0.1) is 0 Å². The lowest BCUT2D eigenvalue weighted by Crippen LogP contribution is -2.43. The molecule has 14 nitrogen and oxygen atoms in total. The first-order valence-electron chi connectivity index (χ1n) is 16.9. The van der Waals surface area contributed by atoms with Crippen molar-refractivity contribution >= 4 is 29.4 Å². The van der Waals surface area contributed by atoms with Gasteiger partial charge < -0.3 is 29.6 Å². The van der Waals surface area contributed by atoms with Gasteiger partial charge >= 0.3 is 6.09 Å². The van der Waals surface area contributed by atoms with Crippen LogP contribution in [-0.4, -0.2) is 80.2 Å². The number of ketones is 3. The van der Waals surface area contributed by atoms with Crippen LogP contribution in [0, 0.1) is 5.41 Å². The van der Waals surface area contributed by atoms with Crippen molar-refractivity contribution in [2.75, 3.05) is 33.0 Å². The highest BCUT2D eigenvalue weighted by atomic mass is 16.6. The van der Waals surface area contributed by atoms with Gasteiger partial charge in [-0.1, -0.05) is 51.7 Å². The van der Waals surface area contributed by atoms with Gasteiger partial charge in [0.1, 0.15) is 30.3 Å². The number of carbonyl (C=O) groups is 5. The molecule has 0 saturated heterocycles. The molecule has 0 saturated carbocycles. The van der Waals surface area contributed by atoms with E-state index in [1.165, 1.54) is 6.07 Å². The molecule has 0 aliphatic heterocycles. The molecule has 0 aromatic heterocycles. The molecule has 0 spiro atoms. The Hall–Kier alpha value is -4.00. The van der Waals surface area contributed by atoms with E-state index in [1.54, 1.807) is 39.0 Å². The van der Waals surface area contributed by atoms with Gasteiger partial charge in [-0.05, 0) is 63.8 Å². The minimum absolute atomic E-state index is 0.0407. The van der Waals surface area contributed by atoms with Crippen LogP contribution in [0.25, 0.3) is 10.4 Å². The summed E-state index contributed by atoms with van der Waals surface area (Å²) < 4.78 is 21.9. The van der Waals surface area contributed by atoms with Crippen LogP contribution in [-0.2, 0) is 28.6 Å². The summed E-state index contributed by atoms with van der Waals surface area (Å²) in [6.07, 6.45) is 2.47. The third-order valence-corrected chi connectivity index (χ3v) is 7.08. The maximum Gasteiger partial charge on any atom is 0.408 e. The number of benzene rings is 1. The molecular weight excluding hydrogens is 634 g/mol. The molecule has 1 rings (SSSR count). The van der Waals surface area contributed by atoms with Crippen molar-refractivity contribution in [3.05, 3.63) is 40.3 Å². The smallest absolute Gasteiger partial charge is 0.408 e. The second kappa shape index (κ2) is 22.6. The molecule has 0 fully saturated rings. The molecule has 0 bridgehead atoms. The lowest BCUT2D eigenvalue weighted by molar-refractivity contribution is -0.131. The van der Waals surface area contributed by atoms with E-state index in [0.717, 1.165) is 12.8 Å². The highest BCUT2D eigenvalue weighted by Crippen LogP contribution is 2.16. The first-order chi connectivity index (χ1) is 23.1. The average molecular weight is 690 g/mol. The topological polar surface area (TPSA) is 195 Å². The number of rotatable bonds is 24. The molecule has 1 aromatic carbocycles. The Morgan fingerprint density at radius 2 is 1.69 bits per heavy atom. The molecule has 49 heavy (non-hydrogen) atoms. The minimum Gasteiger partial charge on any atom is -0.491 e. The van der Waals surface area contributed by atoms with Crippen molar-refractivity contribution < 1.29 is 42.9 Å². The number of hydrogen-bond acceptors (Lipinski definition) is 10. The molecule has 0 aliphatic rings. The first kappa shape index (κ1) is 43.0. The van der Waals surface area contributed by atoms with Crippen LogP contribution in [0.15, 0.2) is 29.4 Å². The molecule has 2 atom stereocenters. The van der Waals surface area contributed by atoms with Crippen molar-refractivity contribution in [1.82, 2.24) is 10.6 Å². The summed E-state index contributed by atoms with van der Waals surface area (Å²) in [5, 5.41) is 9.05. The summed E-state index contributed by atoms with van der Waals surface area (Å²) >= 11 is 0. The summed E-state index contributed by atoms with van der Waals surface area (Å²) in [7, 11) is 0. The lowest BCUT2D eigenvalue weighted by atomic mass is 9.91. The molecule has 0 heterocycles. The molecule has 274 valence electrons. The summed E-state index contributed by atoms with van der Waals surface area (Å²) in [5.41, 5.74) is 7.99. The van der Waals surface area contributed by atoms with E-state index >= 15 is 0 Å². The van der Waals surface area contributed by atoms with Crippen molar-refractivity contribution in [3.8, 4) is 5.75 Å². The van der Waals surface area contributed by atoms with E-state index < -0.39 is 29.4 Å². The SMILES string of the molecule is CCC(=O)CCCCC[C@H](NC(=O)OC(C)(C)C)C(=O)CCCNC(=O)c1cccc(OCC(N=[N+]=[N-])OCCOCC(=O)C(C)(C)C)c1. The molecule has 2 amide bonds. The van der Waals surface area contributed by atoms with Crippen LogP contribution >= 0.6 is 0 Å². The highest BCUT2D eigenvalue weighted by molar-refractivity contribution is 5.94. The van der Waals surface area contributed by atoms with Gasteiger partial charge in [0.05, 0.1) is 19.3 Å². The monoisotopic (exact) mass is 689 g/mol. The summed E-state index contributed by atoms with van der Waals surface area (Å²) in [6, 6.07) is 5.69. The van der Waals surface area contributed by atoms with Gasteiger partial charge in [0.2, 0.25) is 0 Å². The number of amides is 2. The Bertz CT molecular complexity index is 1270. The Balaban J connectivity index is 2.58. The molecule has 1 aromatic rings. The Labute approximate surface area is 290 Å². The fraction of sp³-hybridized carbons (Fsp3) is 0.686. The standard InChI is InChI=1S/C35H55N5O9/c1-8-26(41)15-10-9-11-17-28(38-33(45)49-35(5,6)7)29(42)18-13-19-37-32(44)25-14-12-16-27(22-25)48-24-31(39-40-36)47-21-20-46-23-30(43)34(2,3)4/h12,14,16,22,28,31H,8-11,13,15,17-21,23-24H2,1-7H3,(H,37,44)(H,38,45)/t28-,31?/m0/s1. The molecule has 2 N–H and O–H groups in total. The Kier molecular flexibility index (Phi) is 19.8. The fourth-order valence-corrected chi connectivity index (χ4v) is 4.22. The van der Waals surface area contributed by atoms with Gasteiger partial charge in [-0.2, -0.15) is 0 Å². The number of ether oxygens (including phenoxy) is 4. The van der Waals surface area contributed by atoms with Crippen molar-refractivity contribution in [3.63, 3.8) is 0 Å². The maximum atomic E-state index is 13.0. The molecular formula is C35H55N5O9. The second-order valence-electron chi connectivity index (χ2n) is 13.6. The van der Waals surface area contributed by atoms with Crippen molar-refractivity contribution in [2.45, 2.75) is 118 Å². The molecule has 14 heteroatoms. The van der Waals surface area contributed by atoms with Crippen LogP contribution in [0.5, 0.6) is 5.75 Å². The summed E-state index contributed by atoms with van der Waals surface area (Å²) in [4.78, 5) is 64.5. The van der Waals surface area contributed by atoms with E-state index in [1.807, 2.05) is 27.7 Å². The van der Waals surface area contributed by atoms with Gasteiger partial charge in [0.15, 0.2) is 17.8 Å². The number of nitrogens with zero attached hydrogens (tertiary/aromatic N) is 3. The van der Waals surface area contributed by atoms with Crippen LogP contribution < -0.4 is 15.4 Å². The largest absolute Gasteiger partial charge is 0.491 e. The van der Waals surface area contributed by atoms with Gasteiger partial charge in [-0.3, -0.25) is 19.2 Å². The fourth-order valence-electron chi connectivity index (χ4n) is 4.22. The van der Waals surface area contributed by atoms with Gasteiger partial charge in [0, 0.05) is 41.7 Å². The third-order valence-electron chi connectivity index (χ3n) is 7.08. The minimum atomic E-state index is -0.958. The summed E-state index contributed by atoms with van der Waals surface area (Å²) in [6.45, 7) is 12.8. The average Bonchev–Trinajstić information content (AvgIpc) is 3.02. The first-order valence-corrected chi connectivity index (χ1v) is 16.9. The van der Waals surface area contributed by atoms with Gasteiger partial charge in [-0.25, -0.2) is 4.79 Å². The normalized spacial score (nSPS) is 12.6. The predicted molar refractivity (Wildman–Crippen MR) is 184 cm³/mol. The van der Waals surface area contributed by atoms with E-state index in [0.29, 0.717) is 43.4 Å². The number of hydrogen-bond donors (Lipinski definition) is 2. The van der Waals surface area contributed by atoms with Gasteiger partial charge in [0.25, 0.3) is 5.91 Å². The number of alkyl carbamates (subject to hydrolysis) is 1. The number of carbonyl (C=O) groups excluding carboxylic acids is 5. The molecule has 1 unspecified atom stereocenters. The zero-order chi connectivity index (χ0) is 36.9. The van der Waals surface area contributed by atoms with Crippen LogP contribution in [0.4, 0.5) is 4.79 Å². The van der Waals surface area contributed by atoms with E-state index in [-0.39, 0.29) is 62.7 Å². The highest BCUT2D eigenvalue weighted by Gasteiger charge is 2.24. The van der Waals surface area contributed by atoms with Crippen molar-refractivity contribution in [2.24, 2.45) is 10.5 Å². The quantitative estimate of drug-likeness (QED) is 0.0545. The van der Waals surface area contributed by atoms with Crippen LogP contribution in [0.2, 0.25) is 0 Å². The van der Waals surface area contributed by atoms with E-state index in [2.05, 4.69) is 20.7 Å². The Morgan fingerprint density at radius 1 is 0.959 bits per heavy atom. The zero-order valence-electron chi connectivity index (χ0n) is 30.2. The maximum absolute atomic E-state index is 13.0. The molecule has 0 radical (unpaired) electrons. The number of unbranched alkanes of at least 4 members (excludes halogenated alkanes) is 2. The summed E-state index contributed by atoms with van der Waals surface area (Å²) in [5.74, 6) is -0.0166. The van der Waals surface area contributed by atoms with Crippen LogP contribution in [0.1, 0.15) is 110 Å².